The largest absolute Gasteiger partial charge is 0.462 e. The van der Waals surface area contributed by atoms with Gasteiger partial charge in [-0.05, 0) is 30.9 Å². The maximum Gasteiger partial charge on any atom is 0.348 e. The molecule has 3 aromatic rings. The molecule has 3 rings (SSSR count). The zero-order valence-electron chi connectivity index (χ0n) is 14.3. The van der Waals surface area contributed by atoms with Crippen molar-refractivity contribution >= 4 is 50.6 Å². The number of hydrogen-bond acceptors (Lipinski definition) is 9. The van der Waals surface area contributed by atoms with E-state index in [1.54, 1.807) is 13.8 Å². The number of carbonyl (C=O) groups is 2. The van der Waals surface area contributed by atoms with Gasteiger partial charge in [-0.3, -0.25) is 4.79 Å². The van der Waals surface area contributed by atoms with Gasteiger partial charge >= 0.3 is 11.9 Å². The molecule has 0 aliphatic rings. The van der Waals surface area contributed by atoms with Crippen molar-refractivity contribution < 1.29 is 19.1 Å². The average molecular weight is 391 g/mol. The number of rotatable bonds is 6. The van der Waals surface area contributed by atoms with Crippen LogP contribution in [0.3, 0.4) is 0 Å². The standard InChI is InChI=1S/C17H17N3O4S2/c1-3-23-17(22)14-9(2)13-15(18)19-11(20-16(13)26-14)8-24-12(21)7-10-5-4-6-25-10/h4-6H,3,7-8H2,1-2H3,(H2,18,19,20). The van der Waals surface area contributed by atoms with Crippen molar-refractivity contribution in [2.75, 3.05) is 12.3 Å². The van der Waals surface area contributed by atoms with E-state index in [0.717, 1.165) is 4.88 Å². The van der Waals surface area contributed by atoms with Crippen LogP contribution in [0, 0.1) is 6.92 Å². The zero-order chi connectivity index (χ0) is 18.7. The van der Waals surface area contributed by atoms with Crippen LogP contribution < -0.4 is 5.73 Å². The Morgan fingerprint density at radius 3 is 2.77 bits per heavy atom. The Balaban J connectivity index is 1.77. The Kier molecular flexibility index (Phi) is 5.48. The van der Waals surface area contributed by atoms with Crippen molar-refractivity contribution in [1.82, 2.24) is 9.97 Å². The molecule has 2 N–H and O–H groups in total. The van der Waals surface area contributed by atoms with Crippen molar-refractivity contribution in [3.8, 4) is 0 Å². The highest BCUT2D eigenvalue weighted by molar-refractivity contribution is 7.20. The van der Waals surface area contributed by atoms with Crippen molar-refractivity contribution in [2.24, 2.45) is 0 Å². The number of nitrogens with two attached hydrogens (primary N) is 1. The maximum atomic E-state index is 12.0. The smallest absolute Gasteiger partial charge is 0.348 e. The predicted molar refractivity (Wildman–Crippen MR) is 100 cm³/mol. The lowest BCUT2D eigenvalue weighted by Crippen LogP contribution is -2.09. The van der Waals surface area contributed by atoms with E-state index in [1.807, 2.05) is 17.5 Å². The number of thiophene rings is 2. The number of anilines is 1. The van der Waals surface area contributed by atoms with Crippen LogP contribution >= 0.6 is 22.7 Å². The van der Waals surface area contributed by atoms with Gasteiger partial charge in [0.05, 0.1) is 18.4 Å². The van der Waals surface area contributed by atoms with Gasteiger partial charge in [-0.15, -0.1) is 22.7 Å². The van der Waals surface area contributed by atoms with E-state index in [4.69, 9.17) is 15.2 Å². The second-order valence-corrected chi connectivity index (χ2v) is 7.43. The van der Waals surface area contributed by atoms with Gasteiger partial charge in [-0.1, -0.05) is 6.07 Å². The quantitative estimate of drug-likeness (QED) is 0.644. The molecule has 7 nitrogen and oxygen atoms in total. The van der Waals surface area contributed by atoms with Gasteiger partial charge in [0, 0.05) is 4.88 Å². The average Bonchev–Trinajstić information content (AvgIpc) is 3.21. The van der Waals surface area contributed by atoms with Gasteiger partial charge in [-0.25, -0.2) is 14.8 Å². The summed E-state index contributed by atoms with van der Waals surface area (Å²) in [6.45, 7) is 3.75. The summed E-state index contributed by atoms with van der Waals surface area (Å²) in [6, 6.07) is 3.75. The molecule has 0 aromatic carbocycles. The monoisotopic (exact) mass is 391 g/mol. The minimum Gasteiger partial charge on any atom is -0.462 e. The first-order chi connectivity index (χ1) is 12.5. The first-order valence-corrected chi connectivity index (χ1v) is 9.59. The number of carbonyl (C=O) groups excluding carboxylic acids is 2. The lowest BCUT2D eigenvalue weighted by atomic mass is 10.2. The number of aromatic nitrogens is 2. The van der Waals surface area contributed by atoms with Gasteiger partial charge in [-0.2, -0.15) is 0 Å². The highest BCUT2D eigenvalue weighted by Gasteiger charge is 2.20. The van der Waals surface area contributed by atoms with Crippen LogP contribution in [-0.2, 0) is 27.3 Å². The molecule has 0 aliphatic heterocycles. The Bertz CT molecular complexity index is 951. The second-order valence-electron chi connectivity index (χ2n) is 5.40. The van der Waals surface area contributed by atoms with Gasteiger partial charge in [0.2, 0.25) is 0 Å². The van der Waals surface area contributed by atoms with Crippen molar-refractivity contribution in [3.05, 3.63) is 38.7 Å². The molecule has 3 heterocycles. The van der Waals surface area contributed by atoms with E-state index in [0.29, 0.717) is 33.1 Å². The molecule has 0 saturated heterocycles. The van der Waals surface area contributed by atoms with E-state index >= 15 is 0 Å². The fraction of sp³-hybridized carbons (Fsp3) is 0.294. The summed E-state index contributed by atoms with van der Waals surface area (Å²) in [4.78, 5) is 34.4. The molecule has 0 saturated carbocycles. The summed E-state index contributed by atoms with van der Waals surface area (Å²) >= 11 is 2.69. The molecule has 0 atom stereocenters. The molecule has 0 unspecified atom stereocenters. The maximum absolute atomic E-state index is 12.0. The number of ether oxygens (including phenoxy) is 2. The van der Waals surface area contributed by atoms with Crippen LogP contribution in [0.5, 0.6) is 0 Å². The van der Waals surface area contributed by atoms with Crippen LogP contribution in [0.1, 0.15) is 32.9 Å². The third-order valence-corrected chi connectivity index (χ3v) is 5.63. The number of fused-ring (bicyclic) bond motifs is 1. The first kappa shape index (κ1) is 18.3. The Hall–Kier alpha value is -2.52. The molecule has 0 spiro atoms. The summed E-state index contributed by atoms with van der Waals surface area (Å²) in [7, 11) is 0. The van der Waals surface area contributed by atoms with E-state index in [1.165, 1.54) is 22.7 Å². The van der Waals surface area contributed by atoms with E-state index in [-0.39, 0.29) is 24.8 Å². The fourth-order valence-corrected chi connectivity index (χ4v) is 4.21. The zero-order valence-corrected chi connectivity index (χ0v) is 15.9. The lowest BCUT2D eigenvalue weighted by molar-refractivity contribution is -0.144. The number of nitrogens with zero attached hydrogens (tertiary/aromatic N) is 2. The summed E-state index contributed by atoms with van der Waals surface area (Å²) < 4.78 is 10.3. The molecule has 9 heteroatoms. The molecule has 0 bridgehead atoms. The number of esters is 2. The SMILES string of the molecule is CCOC(=O)c1sc2nc(COC(=O)Cc3cccs3)nc(N)c2c1C. The Morgan fingerprint density at radius 1 is 1.27 bits per heavy atom. The van der Waals surface area contributed by atoms with Crippen molar-refractivity contribution in [3.63, 3.8) is 0 Å². The number of nitrogen functional groups attached to an aromatic ring is 1. The van der Waals surface area contributed by atoms with Gasteiger partial charge in [0.1, 0.15) is 15.5 Å². The van der Waals surface area contributed by atoms with E-state index in [9.17, 15) is 9.59 Å². The van der Waals surface area contributed by atoms with Gasteiger partial charge in [0.15, 0.2) is 12.4 Å². The third-order valence-electron chi connectivity index (χ3n) is 3.59. The lowest BCUT2D eigenvalue weighted by Gasteiger charge is -2.05. The highest BCUT2D eigenvalue weighted by atomic mass is 32.1. The molecular formula is C17H17N3O4S2. The molecule has 3 aromatic heterocycles. The molecular weight excluding hydrogens is 374 g/mol. The third kappa shape index (κ3) is 3.83. The first-order valence-electron chi connectivity index (χ1n) is 7.90. The Morgan fingerprint density at radius 2 is 2.08 bits per heavy atom. The topological polar surface area (TPSA) is 104 Å². The van der Waals surface area contributed by atoms with E-state index in [2.05, 4.69) is 9.97 Å². The summed E-state index contributed by atoms with van der Waals surface area (Å²) in [5.74, 6) is -0.213. The van der Waals surface area contributed by atoms with Crippen LogP contribution in [0.15, 0.2) is 17.5 Å². The molecule has 0 fully saturated rings. The normalized spacial score (nSPS) is 10.8. The summed E-state index contributed by atoms with van der Waals surface area (Å²) in [5, 5.41) is 2.53. The minimum absolute atomic E-state index is 0.0734. The summed E-state index contributed by atoms with van der Waals surface area (Å²) in [5.41, 5.74) is 6.72. The highest BCUT2D eigenvalue weighted by Crippen LogP contribution is 2.33. The van der Waals surface area contributed by atoms with Gasteiger partial charge < -0.3 is 15.2 Å². The van der Waals surface area contributed by atoms with E-state index < -0.39 is 5.97 Å². The fourth-order valence-electron chi connectivity index (χ4n) is 2.42. The van der Waals surface area contributed by atoms with Crippen LogP contribution in [0.25, 0.3) is 10.2 Å². The number of hydrogen-bond donors (Lipinski definition) is 1. The molecule has 0 radical (unpaired) electrons. The van der Waals surface area contributed by atoms with Crippen molar-refractivity contribution in [2.45, 2.75) is 26.9 Å². The van der Waals surface area contributed by atoms with Crippen LogP contribution in [0.2, 0.25) is 0 Å². The summed E-state index contributed by atoms with van der Waals surface area (Å²) in [6.07, 6.45) is 0.209. The van der Waals surface area contributed by atoms with Gasteiger partial charge in [0.25, 0.3) is 0 Å². The molecule has 26 heavy (non-hydrogen) atoms. The second kappa shape index (κ2) is 7.79. The predicted octanol–water partition coefficient (Wildman–Crippen LogP) is 3.11. The molecule has 136 valence electrons. The number of aryl methyl sites for hydroxylation is 1. The molecule has 0 amide bonds. The van der Waals surface area contributed by atoms with Crippen LogP contribution in [0.4, 0.5) is 5.82 Å². The Labute approximate surface area is 157 Å². The van der Waals surface area contributed by atoms with Crippen molar-refractivity contribution in [1.29, 1.82) is 0 Å². The molecule has 0 aliphatic carbocycles. The minimum atomic E-state index is -0.406. The van der Waals surface area contributed by atoms with Crippen LogP contribution in [-0.4, -0.2) is 28.5 Å².